The monoisotopic (exact) mass is 417 g/mol. The molecule has 1 aromatic rings. The van der Waals surface area contributed by atoms with Gasteiger partial charge in [-0.15, -0.1) is 0 Å². The van der Waals surface area contributed by atoms with Crippen molar-refractivity contribution in [2.45, 2.75) is 45.7 Å². The van der Waals surface area contributed by atoms with Crippen molar-refractivity contribution >= 4 is 11.9 Å². The molecule has 168 valence electrons. The second-order valence-electron chi connectivity index (χ2n) is 7.94. The zero-order valence-corrected chi connectivity index (χ0v) is 19.0. The van der Waals surface area contributed by atoms with Crippen LogP contribution >= 0.6 is 0 Å². The second kappa shape index (κ2) is 14.0. The van der Waals surface area contributed by atoms with Crippen molar-refractivity contribution in [1.29, 1.82) is 0 Å². The minimum atomic E-state index is 0.0147. The third-order valence-corrected chi connectivity index (χ3v) is 5.17. The van der Waals surface area contributed by atoms with Crippen LogP contribution in [0.3, 0.4) is 0 Å². The standard InChI is InChI=1S/C23H39N5O2/c1-4-30-16-8-13-24-23(26-18-22(29)27(2)3)25-17-20-9-11-21(12-10-20)19-28-14-6-5-7-15-28/h9-12H,4-8,13-19H2,1-3H3,(H2,24,25,26). The molecular weight excluding hydrogens is 378 g/mol. The number of nitrogens with one attached hydrogen (secondary N) is 2. The van der Waals surface area contributed by atoms with Gasteiger partial charge in [0.1, 0.15) is 0 Å². The highest BCUT2D eigenvalue weighted by Crippen LogP contribution is 2.14. The average molecular weight is 418 g/mol. The summed E-state index contributed by atoms with van der Waals surface area (Å²) < 4.78 is 5.38. The molecule has 7 nitrogen and oxygen atoms in total. The highest BCUT2D eigenvalue weighted by Gasteiger charge is 2.10. The maximum atomic E-state index is 11.9. The van der Waals surface area contributed by atoms with Crippen LogP contribution in [0.5, 0.6) is 0 Å². The first-order valence-corrected chi connectivity index (χ1v) is 11.2. The Morgan fingerprint density at radius 2 is 1.80 bits per heavy atom. The van der Waals surface area contributed by atoms with Crippen LogP contribution in [0.25, 0.3) is 0 Å². The lowest BCUT2D eigenvalue weighted by Gasteiger charge is -2.26. The molecule has 0 saturated carbocycles. The van der Waals surface area contributed by atoms with E-state index in [1.807, 2.05) is 6.92 Å². The minimum Gasteiger partial charge on any atom is -0.382 e. The molecule has 0 radical (unpaired) electrons. The Kier molecular flexibility index (Phi) is 11.3. The number of hydrogen-bond acceptors (Lipinski definition) is 4. The Morgan fingerprint density at radius 1 is 1.10 bits per heavy atom. The third kappa shape index (κ3) is 9.59. The molecule has 1 fully saturated rings. The summed E-state index contributed by atoms with van der Waals surface area (Å²) in [7, 11) is 3.50. The molecule has 30 heavy (non-hydrogen) atoms. The Morgan fingerprint density at radius 3 is 2.47 bits per heavy atom. The first-order chi connectivity index (χ1) is 14.6. The fourth-order valence-corrected chi connectivity index (χ4v) is 3.31. The number of piperidine rings is 1. The van der Waals surface area contributed by atoms with Crippen molar-refractivity contribution in [2.75, 3.05) is 53.5 Å². The molecule has 1 amide bonds. The van der Waals surface area contributed by atoms with Gasteiger partial charge in [0.15, 0.2) is 5.96 Å². The first kappa shape index (κ1) is 24.2. The number of likely N-dealkylation sites (tertiary alicyclic amines) is 1. The van der Waals surface area contributed by atoms with Crippen molar-refractivity contribution in [3.63, 3.8) is 0 Å². The van der Waals surface area contributed by atoms with Crippen molar-refractivity contribution in [2.24, 2.45) is 4.99 Å². The van der Waals surface area contributed by atoms with Gasteiger partial charge in [-0.05, 0) is 50.4 Å². The summed E-state index contributed by atoms with van der Waals surface area (Å²) in [6.45, 7) is 8.42. The van der Waals surface area contributed by atoms with Gasteiger partial charge >= 0.3 is 0 Å². The number of guanidine groups is 1. The number of carbonyl (C=O) groups is 1. The Hall–Kier alpha value is -2.12. The molecule has 7 heteroatoms. The highest BCUT2D eigenvalue weighted by atomic mass is 16.5. The van der Waals surface area contributed by atoms with Crippen LogP contribution in [0.2, 0.25) is 0 Å². The molecular formula is C23H39N5O2. The van der Waals surface area contributed by atoms with E-state index in [-0.39, 0.29) is 12.5 Å². The van der Waals surface area contributed by atoms with E-state index < -0.39 is 0 Å². The summed E-state index contributed by atoms with van der Waals surface area (Å²) in [5, 5.41) is 6.42. The molecule has 1 aromatic carbocycles. The van der Waals surface area contributed by atoms with E-state index in [1.165, 1.54) is 37.9 Å². The molecule has 1 saturated heterocycles. The molecule has 0 atom stereocenters. The van der Waals surface area contributed by atoms with E-state index in [0.29, 0.717) is 19.1 Å². The van der Waals surface area contributed by atoms with Crippen molar-refractivity contribution in [3.05, 3.63) is 35.4 Å². The molecule has 2 N–H and O–H groups in total. The van der Waals surface area contributed by atoms with E-state index in [0.717, 1.165) is 31.7 Å². The minimum absolute atomic E-state index is 0.0147. The molecule has 1 heterocycles. The van der Waals surface area contributed by atoms with Crippen molar-refractivity contribution in [3.8, 4) is 0 Å². The topological polar surface area (TPSA) is 69.2 Å². The molecule has 0 unspecified atom stereocenters. The van der Waals surface area contributed by atoms with E-state index >= 15 is 0 Å². The number of likely N-dealkylation sites (N-methyl/N-ethyl adjacent to an activating group) is 1. The van der Waals surface area contributed by atoms with Gasteiger partial charge in [0.2, 0.25) is 5.91 Å². The maximum Gasteiger partial charge on any atom is 0.241 e. The average Bonchev–Trinajstić information content (AvgIpc) is 2.76. The van der Waals surface area contributed by atoms with E-state index in [2.05, 4.69) is 44.8 Å². The van der Waals surface area contributed by atoms with Gasteiger partial charge in [-0.1, -0.05) is 30.7 Å². The SMILES string of the molecule is CCOCCCNC(=NCc1ccc(CN2CCCCC2)cc1)NCC(=O)N(C)C. The lowest BCUT2D eigenvalue weighted by molar-refractivity contribution is -0.127. The molecule has 0 aliphatic carbocycles. The summed E-state index contributed by atoms with van der Waals surface area (Å²) in [5.41, 5.74) is 2.51. The zero-order valence-electron chi connectivity index (χ0n) is 19.0. The Balaban J connectivity index is 1.86. The fourth-order valence-electron chi connectivity index (χ4n) is 3.31. The van der Waals surface area contributed by atoms with Gasteiger partial charge in [-0.3, -0.25) is 9.69 Å². The number of hydrogen-bond donors (Lipinski definition) is 2. The largest absolute Gasteiger partial charge is 0.382 e. The van der Waals surface area contributed by atoms with E-state index in [1.54, 1.807) is 19.0 Å². The summed E-state index contributed by atoms with van der Waals surface area (Å²) in [6, 6.07) is 8.72. The van der Waals surface area contributed by atoms with E-state index in [4.69, 9.17) is 4.74 Å². The molecule has 2 rings (SSSR count). The molecule has 0 aromatic heterocycles. The number of benzene rings is 1. The maximum absolute atomic E-state index is 11.9. The van der Waals surface area contributed by atoms with Crippen molar-refractivity contribution < 1.29 is 9.53 Å². The van der Waals surface area contributed by atoms with Gasteiger partial charge in [0.05, 0.1) is 13.1 Å². The first-order valence-electron chi connectivity index (χ1n) is 11.2. The van der Waals surface area contributed by atoms with Crippen LogP contribution in [0.1, 0.15) is 43.7 Å². The zero-order chi connectivity index (χ0) is 21.6. The number of carbonyl (C=O) groups excluding carboxylic acids is 1. The molecule has 0 spiro atoms. The van der Waals surface area contributed by atoms with Crippen LogP contribution in [-0.2, 0) is 22.6 Å². The third-order valence-electron chi connectivity index (χ3n) is 5.17. The predicted molar refractivity (Wildman–Crippen MR) is 123 cm³/mol. The fraction of sp³-hybridized carbons (Fsp3) is 0.652. The highest BCUT2D eigenvalue weighted by molar-refractivity contribution is 5.86. The molecule has 0 bridgehead atoms. The summed E-state index contributed by atoms with van der Waals surface area (Å²) in [5.74, 6) is 0.667. The number of nitrogens with zero attached hydrogens (tertiary/aromatic N) is 3. The van der Waals surface area contributed by atoms with Crippen LogP contribution < -0.4 is 10.6 Å². The smallest absolute Gasteiger partial charge is 0.241 e. The summed E-state index contributed by atoms with van der Waals surface area (Å²) in [4.78, 5) is 20.7. The van der Waals surface area contributed by atoms with E-state index in [9.17, 15) is 4.79 Å². The lowest BCUT2D eigenvalue weighted by atomic mass is 10.1. The van der Waals surface area contributed by atoms with Gasteiger partial charge in [0.25, 0.3) is 0 Å². The molecule has 1 aliphatic rings. The van der Waals surface area contributed by atoms with Crippen LogP contribution in [-0.4, -0.2) is 75.2 Å². The normalized spacial score (nSPS) is 15.1. The quantitative estimate of drug-likeness (QED) is 0.328. The van der Waals surface area contributed by atoms with Crippen LogP contribution in [0, 0.1) is 0 Å². The van der Waals surface area contributed by atoms with Gasteiger partial charge in [-0.2, -0.15) is 0 Å². The number of rotatable bonds is 11. The Bertz CT molecular complexity index is 639. The van der Waals surface area contributed by atoms with Gasteiger partial charge in [-0.25, -0.2) is 4.99 Å². The summed E-state index contributed by atoms with van der Waals surface area (Å²) in [6.07, 6.45) is 4.89. The Labute approximate surface area is 181 Å². The summed E-state index contributed by atoms with van der Waals surface area (Å²) >= 11 is 0. The number of ether oxygens (including phenoxy) is 1. The lowest BCUT2D eigenvalue weighted by Crippen LogP contribution is -2.43. The van der Waals surface area contributed by atoms with Crippen LogP contribution in [0.15, 0.2) is 29.3 Å². The predicted octanol–water partition coefficient (Wildman–Crippen LogP) is 2.22. The number of amides is 1. The number of aliphatic imine (C=N–C) groups is 1. The van der Waals surface area contributed by atoms with Crippen LogP contribution in [0.4, 0.5) is 0 Å². The van der Waals surface area contributed by atoms with Crippen molar-refractivity contribution in [1.82, 2.24) is 20.4 Å². The second-order valence-corrected chi connectivity index (χ2v) is 7.94. The van der Waals surface area contributed by atoms with Gasteiger partial charge < -0.3 is 20.3 Å². The van der Waals surface area contributed by atoms with Gasteiger partial charge in [0, 0.05) is 40.4 Å². The molecule has 1 aliphatic heterocycles.